The molecule has 4 rings (SSSR count). The van der Waals surface area contributed by atoms with E-state index in [1.165, 1.54) is 6.07 Å². The van der Waals surface area contributed by atoms with Crippen molar-refractivity contribution in [1.29, 1.82) is 0 Å². The molecule has 0 unspecified atom stereocenters. The highest BCUT2D eigenvalue weighted by Crippen LogP contribution is 2.30. The fourth-order valence-corrected chi connectivity index (χ4v) is 3.53. The largest absolute Gasteiger partial charge is 0.383 e. The molecule has 0 saturated heterocycles. The van der Waals surface area contributed by atoms with Crippen molar-refractivity contribution in [2.75, 3.05) is 16.8 Å². The monoisotopic (exact) mass is 463 g/mol. The van der Waals surface area contributed by atoms with Gasteiger partial charge in [0.1, 0.15) is 11.6 Å². The molecule has 0 aliphatic heterocycles. The molecule has 3 aromatic carbocycles. The summed E-state index contributed by atoms with van der Waals surface area (Å²) in [4.78, 5) is 8.41. The van der Waals surface area contributed by atoms with Gasteiger partial charge in [0.15, 0.2) is 0 Å². The SMILES string of the molecule is Nc1nc(N)c(-c2ccc(NCc3ccc(Cl)cc3)cc2)c(COCc2ccccc2F)n1. The van der Waals surface area contributed by atoms with Gasteiger partial charge in [-0.3, -0.25) is 0 Å². The van der Waals surface area contributed by atoms with Gasteiger partial charge < -0.3 is 21.5 Å². The second kappa shape index (κ2) is 10.3. The number of ether oxygens (including phenoxy) is 1. The summed E-state index contributed by atoms with van der Waals surface area (Å²) in [5.41, 5.74) is 16.5. The van der Waals surface area contributed by atoms with Crippen LogP contribution in [0.15, 0.2) is 72.8 Å². The zero-order valence-corrected chi connectivity index (χ0v) is 18.5. The predicted molar refractivity (Wildman–Crippen MR) is 130 cm³/mol. The minimum Gasteiger partial charge on any atom is -0.383 e. The minimum absolute atomic E-state index is 0.0574. The van der Waals surface area contributed by atoms with Crippen LogP contribution in [-0.2, 0) is 24.5 Å². The first-order valence-electron chi connectivity index (χ1n) is 10.3. The zero-order chi connectivity index (χ0) is 23.2. The Labute approximate surface area is 196 Å². The molecule has 8 heteroatoms. The molecule has 0 spiro atoms. The number of nitrogens with one attached hydrogen (secondary N) is 1. The van der Waals surface area contributed by atoms with Crippen LogP contribution >= 0.6 is 11.6 Å². The zero-order valence-electron chi connectivity index (χ0n) is 17.8. The molecule has 0 bridgehead atoms. The van der Waals surface area contributed by atoms with Crippen molar-refractivity contribution in [3.05, 3.63) is 100 Å². The van der Waals surface area contributed by atoms with Crippen molar-refractivity contribution < 1.29 is 9.13 Å². The summed E-state index contributed by atoms with van der Waals surface area (Å²) in [6.45, 7) is 0.874. The summed E-state index contributed by atoms with van der Waals surface area (Å²) >= 11 is 5.94. The molecule has 33 heavy (non-hydrogen) atoms. The van der Waals surface area contributed by atoms with E-state index in [0.717, 1.165) is 16.8 Å². The van der Waals surface area contributed by atoms with Crippen molar-refractivity contribution in [2.45, 2.75) is 19.8 Å². The third-order valence-corrected chi connectivity index (χ3v) is 5.32. The van der Waals surface area contributed by atoms with Gasteiger partial charge in [-0.15, -0.1) is 0 Å². The lowest BCUT2D eigenvalue weighted by atomic mass is 10.0. The normalized spacial score (nSPS) is 10.8. The number of nitrogens with zero attached hydrogens (tertiary/aromatic N) is 2. The number of aromatic nitrogens is 2. The Morgan fingerprint density at radius 1 is 0.879 bits per heavy atom. The third kappa shape index (κ3) is 5.77. The van der Waals surface area contributed by atoms with Crippen LogP contribution in [0.25, 0.3) is 11.1 Å². The topological polar surface area (TPSA) is 99.1 Å². The van der Waals surface area contributed by atoms with Gasteiger partial charge in [-0.2, -0.15) is 4.98 Å². The molecule has 0 radical (unpaired) electrons. The van der Waals surface area contributed by atoms with Gasteiger partial charge in [-0.25, -0.2) is 9.37 Å². The summed E-state index contributed by atoms with van der Waals surface area (Å²) in [5, 5.41) is 4.08. The summed E-state index contributed by atoms with van der Waals surface area (Å²) in [5.74, 6) is -0.00279. The Kier molecular flexibility index (Phi) is 7.02. The maximum Gasteiger partial charge on any atom is 0.222 e. The van der Waals surface area contributed by atoms with Gasteiger partial charge in [0.25, 0.3) is 0 Å². The second-order valence-electron chi connectivity index (χ2n) is 7.43. The average Bonchev–Trinajstić information content (AvgIpc) is 2.80. The van der Waals surface area contributed by atoms with Gasteiger partial charge in [0.05, 0.1) is 18.9 Å². The van der Waals surface area contributed by atoms with Crippen LogP contribution in [-0.4, -0.2) is 9.97 Å². The van der Waals surface area contributed by atoms with E-state index in [4.69, 9.17) is 27.8 Å². The summed E-state index contributed by atoms with van der Waals surface area (Å²) in [7, 11) is 0. The van der Waals surface area contributed by atoms with Crippen LogP contribution in [0.3, 0.4) is 0 Å². The highest BCUT2D eigenvalue weighted by atomic mass is 35.5. The molecule has 0 aliphatic rings. The van der Waals surface area contributed by atoms with Crippen LogP contribution in [0.1, 0.15) is 16.8 Å². The Bertz CT molecular complexity index is 1230. The van der Waals surface area contributed by atoms with Crippen molar-refractivity contribution >= 4 is 29.1 Å². The van der Waals surface area contributed by atoms with Crippen molar-refractivity contribution in [3.63, 3.8) is 0 Å². The van der Waals surface area contributed by atoms with E-state index in [-0.39, 0.29) is 30.8 Å². The lowest BCUT2D eigenvalue weighted by Crippen LogP contribution is -2.08. The third-order valence-electron chi connectivity index (χ3n) is 5.07. The molecule has 0 fully saturated rings. The lowest BCUT2D eigenvalue weighted by molar-refractivity contribution is 0.103. The Hall–Kier alpha value is -3.68. The molecule has 0 aliphatic carbocycles. The molecule has 5 N–H and O–H groups in total. The number of nitrogen functional groups attached to an aromatic ring is 2. The van der Waals surface area contributed by atoms with Crippen molar-refractivity contribution in [3.8, 4) is 11.1 Å². The number of hydrogen-bond acceptors (Lipinski definition) is 6. The molecule has 0 saturated carbocycles. The van der Waals surface area contributed by atoms with Gasteiger partial charge in [-0.05, 0) is 41.5 Å². The van der Waals surface area contributed by atoms with Gasteiger partial charge in [-0.1, -0.05) is 54.1 Å². The van der Waals surface area contributed by atoms with Crippen LogP contribution < -0.4 is 16.8 Å². The van der Waals surface area contributed by atoms with Crippen LogP contribution in [0, 0.1) is 5.82 Å². The Balaban J connectivity index is 1.48. The molecular weight excluding hydrogens is 441 g/mol. The molecular formula is C25H23ClFN5O. The van der Waals surface area contributed by atoms with E-state index in [1.54, 1.807) is 18.2 Å². The molecule has 1 aromatic heterocycles. The first-order chi connectivity index (χ1) is 16.0. The summed E-state index contributed by atoms with van der Waals surface area (Å²) in [6, 6.07) is 21.9. The smallest absolute Gasteiger partial charge is 0.222 e. The van der Waals surface area contributed by atoms with Crippen LogP contribution in [0.4, 0.5) is 21.8 Å². The number of hydrogen-bond donors (Lipinski definition) is 3. The maximum absolute atomic E-state index is 13.9. The fraction of sp³-hybridized carbons (Fsp3) is 0.120. The Morgan fingerprint density at radius 3 is 2.33 bits per heavy atom. The number of nitrogens with two attached hydrogens (primary N) is 2. The number of rotatable bonds is 8. The predicted octanol–water partition coefficient (Wildman–Crippen LogP) is 5.43. The quantitative estimate of drug-likeness (QED) is 0.322. The molecule has 0 atom stereocenters. The van der Waals surface area contributed by atoms with Crippen molar-refractivity contribution in [2.24, 2.45) is 0 Å². The molecule has 0 amide bonds. The highest BCUT2D eigenvalue weighted by Gasteiger charge is 2.14. The maximum atomic E-state index is 13.9. The first-order valence-corrected chi connectivity index (χ1v) is 10.7. The molecule has 168 valence electrons. The summed E-state index contributed by atoms with van der Waals surface area (Å²) in [6.07, 6.45) is 0. The fourth-order valence-electron chi connectivity index (χ4n) is 3.40. The second-order valence-corrected chi connectivity index (χ2v) is 7.87. The highest BCUT2D eigenvalue weighted by molar-refractivity contribution is 6.30. The van der Waals surface area contributed by atoms with E-state index in [9.17, 15) is 4.39 Å². The van der Waals surface area contributed by atoms with Gasteiger partial charge in [0, 0.05) is 28.4 Å². The molecule has 1 heterocycles. The number of halogens is 2. The van der Waals surface area contributed by atoms with Gasteiger partial charge >= 0.3 is 0 Å². The number of benzene rings is 3. The average molecular weight is 464 g/mol. The van der Waals surface area contributed by atoms with Crippen LogP contribution in [0.2, 0.25) is 5.02 Å². The number of anilines is 3. The first kappa shape index (κ1) is 22.5. The molecule has 6 nitrogen and oxygen atoms in total. The van der Waals surface area contributed by atoms with Crippen LogP contribution in [0.5, 0.6) is 0 Å². The summed E-state index contributed by atoms with van der Waals surface area (Å²) < 4.78 is 19.6. The van der Waals surface area contributed by atoms with Gasteiger partial charge in [0.2, 0.25) is 5.95 Å². The standard InChI is InChI=1S/C25H23ClFN5O/c26-19-9-5-16(6-10-19)13-30-20-11-7-17(8-12-20)23-22(31-25(29)32-24(23)28)15-33-14-18-3-1-2-4-21(18)27/h1-12,30H,13-15H2,(H4,28,29,31,32). The van der Waals surface area contributed by atoms with E-state index in [2.05, 4.69) is 15.3 Å². The van der Waals surface area contributed by atoms with E-state index in [0.29, 0.717) is 28.4 Å². The van der Waals surface area contributed by atoms with E-state index in [1.807, 2.05) is 48.5 Å². The van der Waals surface area contributed by atoms with E-state index >= 15 is 0 Å². The van der Waals surface area contributed by atoms with E-state index < -0.39 is 0 Å². The molecule has 4 aromatic rings. The Morgan fingerprint density at radius 2 is 1.61 bits per heavy atom. The van der Waals surface area contributed by atoms with Crippen molar-refractivity contribution in [1.82, 2.24) is 9.97 Å². The minimum atomic E-state index is -0.318. The lowest BCUT2D eigenvalue weighted by Gasteiger charge is -2.14.